The Hall–Kier alpha value is -3.09. The molecule has 1 amide bonds. The smallest absolute Gasteiger partial charge is 0.220 e. The molecule has 0 bridgehead atoms. The molecular formula is C78H137NO13. The van der Waals surface area contributed by atoms with Crippen LogP contribution < -0.4 is 5.32 Å². The Labute approximate surface area is 560 Å². The lowest BCUT2D eigenvalue weighted by atomic mass is 9.97. The molecule has 0 saturated carbocycles. The van der Waals surface area contributed by atoms with Crippen molar-refractivity contribution in [1.29, 1.82) is 0 Å². The van der Waals surface area contributed by atoms with Crippen molar-refractivity contribution in [1.82, 2.24) is 5.32 Å². The molecule has 14 nitrogen and oxygen atoms in total. The van der Waals surface area contributed by atoms with Crippen LogP contribution in [0.2, 0.25) is 0 Å². The van der Waals surface area contributed by atoms with Crippen LogP contribution in [0.1, 0.15) is 296 Å². The second kappa shape index (κ2) is 61.5. The number of carbonyl (C=O) groups is 1. The van der Waals surface area contributed by atoms with Crippen molar-refractivity contribution < 1.29 is 64.6 Å². The van der Waals surface area contributed by atoms with E-state index in [1.807, 2.05) is 6.08 Å². The van der Waals surface area contributed by atoms with Crippen LogP contribution in [-0.4, -0.2) is 140 Å². The average molecular weight is 1300 g/mol. The highest BCUT2D eigenvalue weighted by atomic mass is 16.7. The lowest BCUT2D eigenvalue weighted by molar-refractivity contribution is -0.359. The van der Waals surface area contributed by atoms with Gasteiger partial charge in [0.05, 0.1) is 32.0 Å². The third kappa shape index (κ3) is 44.6. The van der Waals surface area contributed by atoms with Crippen LogP contribution >= 0.6 is 0 Å². The van der Waals surface area contributed by atoms with Crippen molar-refractivity contribution in [2.45, 2.75) is 370 Å². The number of nitrogens with one attached hydrogen (secondary N) is 1. The lowest BCUT2D eigenvalue weighted by Crippen LogP contribution is -2.65. The molecule has 532 valence electrons. The van der Waals surface area contributed by atoms with Crippen LogP contribution in [0.25, 0.3) is 0 Å². The molecule has 0 aromatic carbocycles. The van der Waals surface area contributed by atoms with Gasteiger partial charge in [-0.3, -0.25) is 4.79 Å². The molecule has 2 aliphatic rings. The second-order valence-electron chi connectivity index (χ2n) is 26.0. The number of aliphatic hydroxyl groups is 8. The van der Waals surface area contributed by atoms with E-state index in [1.165, 1.54) is 193 Å². The first kappa shape index (κ1) is 85.0. The number of rotatable bonds is 61. The van der Waals surface area contributed by atoms with E-state index in [-0.39, 0.29) is 18.9 Å². The van der Waals surface area contributed by atoms with Crippen molar-refractivity contribution in [2.24, 2.45) is 0 Å². The normalized spacial score (nSPS) is 23.2. The molecule has 2 heterocycles. The summed E-state index contributed by atoms with van der Waals surface area (Å²) >= 11 is 0. The predicted molar refractivity (Wildman–Crippen MR) is 378 cm³/mol. The third-order valence-electron chi connectivity index (χ3n) is 17.8. The van der Waals surface area contributed by atoms with Crippen LogP contribution in [0.15, 0.2) is 97.2 Å². The van der Waals surface area contributed by atoms with Gasteiger partial charge in [0.15, 0.2) is 12.6 Å². The number of ether oxygens (including phenoxy) is 4. The lowest BCUT2D eigenvalue weighted by Gasteiger charge is -2.46. The minimum atomic E-state index is -1.79. The van der Waals surface area contributed by atoms with Crippen LogP contribution in [0.3, 0.4) is 0 Å². The Kier molecular flexibility index (Phi) is 56.8. The summed E-state index contributed by atoms with van der Waals surface area (Å²) in [5, 5.41) is 87.4. The standard InChI is InChI=1S/C78H137NO13/c1-3-5-7-9-11-13-15-17-19-21-22-23-24-25-26-27-28-29-30-31-32-33-34-35-36-37-38-39-40-41-42-43-44-46-48-50-52-54-56-58-60-62-70(83)79-66(67(82)61-59-57-55-53-51-49-47-45-20-18-16-14-12-10-8-6-4-2)65-89-77-75(88)73(86)76(69(64-81)91-77)92-78-74(87)72(85)71(84)68(63-80)90-78/h5,7,11,13,17,19,22-23,25-26,28-29,51,53,59,61,66-69,71-78,80-82,84-88H,3-4,6,8-10,12,14-16,18,20-21,24,27,30-50,52,54-58,60,62-65H2,1-2H3,(H,79,83)/b7-5-,13-11-,19-17-,23-22-,26-25-,29-28-,53-51+,61-59+. The Morgan fingerprint density at radius 2 is 0.761 bits per heavy atom. The maximum Gasteiger partial charge on any atom is 0.220 e. The molecule has 0 spiro atoms. The van der Waals surface area contributed by atoms with E-state index < -0.39 is 86.8 Å². The van der Waals surface area contributed by atoms with E-state index in [2.05, 4.69) is 104 Å². The zero-order valence-corrected chi connectivity index (χ0v) is 58.0. The average Bonchev–Trinajstić information content (AvgIpc) is 0.856. The molecule has 2 saturated heterocycles. The maximum atomic E-state index is 13.3. The van der Waals surface area contributed by atoms with Crippen molar-refractivity contribution in [3.8, 4) is 0 Å². The van der Waals surface area contributed by atoms with Crippen LogP contribution in [0.4, 0.5) is 0 Å². The summed E-state index contributed by atoms with van der Waals surface area (Å²) in [5.74, 6) is -0.247. The summed E-state index contributed by atoms with van der Waals surface area (Å²) < 4.78 is 22.8. The van der Waals surface area contributed by atoms with Gasteiger partial charge in [0.25, 0.3) is 0 Å². The topological polar surface area (TPSA) is 228 Å². The summed E-state index contributed by atoms with van der Waals surface area (Å²) in [5.41, 5.74) is 0. The molecule has 0 aliphatic carbocycles. The van der Waals surface area contributed by atoms with Crippen molar-refractivity contribution in [3.05, 3.63) is 97.2 Å². The second-order valence-corrected chi connectivity index (χ2v) is 26.0. The monoisotopic (exact) mass is 1300 g/mol. The van der Waals surface area contributed by atoms with Gasteiger partial charge < -0.3 is 65.1 Å². The SMILES string of the molecule is CC/C=C\C/C=C\C/C=C\C/C=C\C/C=C\C/C=C\CCCCCCCCCCCCCCCCCCCCCCCCC(=O)NC(COC1OC(CO)C(OC2OC(CO)C(O)C(O)C2O)C(O)C1O)C(O)/C=C/CC/C=C/CCCCCCCCCCCCC. The van der Waals surface area contributed by atoms with E-state index in [0.717, 1.165) is 70.6 Å². The number of amides is 1. The van der Waals surface area contributed by atoms with Crippen molar-refractivity contribution in [2.75, 3.05) is 19.8 Å². The van der Waals surface area contributed by atoms with Gasteiger partial charge in [-0.25, -0.2) is 0 Å². The summed E-state index contributed by atoms with van der Waals surface area (Å²) in [7, 11) is 0. The highest BCUT2D eigenvalue weighted by Gasteiger charge is 2.51. The molecule has 14 heteroatoms. The van der Waals surface area contributed by atoms with Gasteiger partial charge >= 0.3 is 0 Å². The summed E-state index contributed by atoms with van der Waals surface area (Å²) in [6, 6.07) is -0.934. The van der Waals surface area contributed by atoms with Crippen molar-refractivity contribution >= 4 is 5.91 Å². The van der Waals surface area contributed by atoms with Gasteiger partial charge in [-0.1, -0.05) is 304 Å². The van der Waals surface area contributed by atoms with E-state index in [1.54, 1.807) is 6.08 Å². The number of hydrogen-bond donors (Lipinski definition) is 9. The zero-order valence-electron chi connectivity index (χ0n) is 58.0. The third-order valence-corrected chi connectivity index (χ3v) is 17.8. The number of unbranched alkanes of at least 4 members (excludes halogenated alkanes) is 34. The maximum absolute atomic E-state index is 13.3. The highest BCUT2D eigenvalue weighted by Crippen LogP contribution is 2.30. The van der Waals surface area contributed by atoms with E-state index in [0.29, 0.717) is 12.8 Å². The van der Waals surface area contributed by atoms with Crippen LogP contribution in [-0.2, 0) is 23.7 Å². The fourth-order valence-electron chi connectivity index (χ4n) is 11.8. The van der Waals surface area contributed by atoms with E-state index in [4.69, 9.17) is 18.9 Å². The van der Waals surface area contributed by atoms with Gasteiger partial charge in [0.2, 0.25) is 5.91 Å². The molecule has 12 unspecified atom stereocenters. The number of aliphatic hydroxyl groups excluding tert-OH is 8. The Balaban J connectivity index is 1.57. The van der Waals surface area contributed by atoms with E-state index in [9.17, 15) is 45.6 Å². The number of allylic oxidation sites excluding steroid dienone is 15. The first-order chi connectivity index (χ1) is 45.1. The predicted octanol–water partition coefficient (Wildman–Crippen LogP) is 16.1. The first-order valence-corrected chi connectivity index (χ1v) is 37.5. The van der Waals surface area contributed by atoms with Crippen LogP contribution in [0.5, 0.6) is 0 Å². The number of carbonyl (C=O) groups excluding carboxylic acids is 1. The van der Waals surface area contributed by atoms with E-state index >= 15 is 0 Å². The summed E-state index contributed by atoms with van der Waals surface area (Å²) in [6.45, 7) is 2.69. The molecule has 92 heavy (non-hydrogen) atoms. The first-order valence-electron chi connectivity index (χ1n) is 37.5. The molecule has 0 aromatic rings. The Morgan fingerprint density at radius 3 is 1.20 bits per heavy atom. The largest absolute Gasteiger partial charge is 0.394 e. The molecule has 12 atom stereocenters. The Bertz CT molecular complexity index is 1920. The minimum absolute atomic E-state index is 0.247. The number of hydrogen-bond acceptors (Lipinski definition) is 13. The summed E-state index contributed by atoms with van der Waals surface area (Å²) in [6.07, 6.45) is 70.6. The molecule has 0 radical (unpaired) electrons. The van der Waals surface area contributed by atoms with Gasteiger partial charge in [-0.05, 0) is 83.5 Å². The molecular weight excluding hydrogens is 1160 g/mol. The molecule has 2 rings (SSSR count). The van der Waals surface area contributed by atoms with Gasteiger partial charge in [0, 0.05) is 6.42 Å². The van der Waals surface area contributed by atoms with Crippen LogP contribution in [0, 0.1) is 0 Å². The molecule has 2 aliphatic heterocycles. The van der Waals surface area contributed by atoms with Gasteiger partial charge in [-0.2, -0.15) is 0 Å². The minimum Gasteiger partial charge on any atom is -0.394 e. The zero-order chi connectivity index (χ0) is 66.6. The molecule has 2 fully saturated rings. The summed E-state index contributed by atoms with van der Waals surface area (Å²) in [4.78, 5) is 13.3. The van der Waals surface area contributed by atoms with Crippen molar-refractivity contribution in [3.63, 3.8) is 0 Å². The highest BCUT2D eigenvalue weighted by molar-refractivity contribution is 5.76. The Morgan fingerprint density at radius 1 is 0.402 bits per heavy atom. The fourth-order valence-corrected chi connectivity index (χ4v) is 11.8. The molecule has 9 N–H and O–H groups in total. The quantitative estimate of drug-likeness (QED) is 0.0204. The van der Waals surface area contributed by atoms with Gasteiger partial charge in [0.1, 0.15) is 48.8 Å². The van der Waals surface area contributed by atoms with Gasteiger partial charge in [-0.15, -0.1) is 0 Å². The fraction of sp³-hybridized carbons (Fsp3) is 0.782. The molecule has 0 aromatic heterocycles.